The van der Waals surface area contributed by atoms with E-state index in [4.69, 9.17) is 0 Å². The highest BCUT2D eigenvalue weighted by atomic mass is 15.5. The van der Waals surface area contributed by atoms with Gasteiger partial charge in [0.2, 0.25) is 0 Å². The fourth-order valence-corrected chi connectivity index (χ4v) is 2.09. The Balaban J connectivity index is 1.66. The quantitative estimate of drug-likeness (QED) is 0.769. The fraction of sp³-hybridized carbons (Fsp3) is 0.200. The molecule has 0 aliphatic rings. The first kappa shape index (κ1) is 13.4. The second-order valence-corrected chi connectivity index (χ2v) is 4.72. The van der Waals surface area contributed by atoms with Crippen molar-refractivity contribution in [2.75, 3.05) is 0 Å². The SMILES string of the molecule is Cc1cccc(CNCc2nnnn2-c2ccccc2)n1. The van der Waals surface area contributed by atoms with Crippen LogP contribution in [0.25, 0.3) is 5.69 Å². The van der Waals surface area contributed by atoms with Gasteiger partial charge in [0.1, 0.15) is 0 Å². The zero-order valence-electron chi connectivity index (χ0n) is 11.8. The molecule has 0 aliphatic carbocycles. The summed E-state index contributed by atoms with van der Waals surface area (Å²) in [6.45, 7) is 3.25. The van der Waals surface area contributed by atoms with Gasteiger partial charge in [0, 0.05) is 12.2 Å². The highest BCUT2D eigenvalue weighted by Gasteiger charge is 2.07. The van der Waals surface area contributed by atoms with Gasteiger partial charge in [0.05, 0.1) is 17.9 Å². The molecule has 21 heavy (non-hydrogen) atoms. The van der Waals surface area contributed by atoms with E-state index in [1.165, 1.54) is 0 Å². The standard InChI is InChI=1S/C15H16N6/c1-12-6-5-7-13(17-12)10-16-11-15-18-19-20-21(15)14-8-3-2-4-9-14/h2-9,16H,10-11H2,1H3. The number of pyridine rings is 1. The molecule has 1 N–H and O–H groups in total. The highest BCUT2D eigenvalue weighted by Crippen LogP contribution is 2.07. The van der Waals surface area contributed by atoms with E-state index in [2.05, 4.69) is 25.8 Å². The van der Waals surface area contributed by atoms with Crippen molar-refractivity contribution in [3.63, 3.8) is 0 Å². The number of benzene rings is 1. The van der Waals surface area contributed by atoms with Gasteiger partial charge in [-0.3, -0.25) is 4.98 Å². The van der Waals surface area contributed by atoms with Gasteiger partial charge in [-0.25, -0.2) is 0 Å². The summed E-state index contributed by atoms with van der Waals surface area (Å²) in [6, 6.07) is 15.8. The monoisotopic (exact) mass is 280 g/mol. The third-order valence-corrected chi connectivity index (χ3v) is 3.07. The Morgan fingerprint density at radius 2 is 1.86 bits per heavy atom. The molecule has 0 saturated heterocycles. The lowest BCUT2D eigenvalue weighted by molar-refractivity contribution is 0.632. The maximum absolute atomic E-state index is 4.45. The molecule has 1 aromatic carbocycles. The van der Waals surface area contributed by atoms with E-state index >= 15 is 0 Å². The van der Waals surface area contributed by atoms with Crippen molar-refractivity contribution >= 4 is 0 Å². The second kappa shape index (κ2) is 6.23. The predicted molar refractivity (Wildman–Crippen MR) is 78.7 cm³/mol. The summed E-state index contributed by atoms with van der Waals surface area (Å²) in [7, 11) is 0. The van der Waals surface area contributed by atoms with Crippen LogP contribution in [0.2, 0.25) is 0 Å². The Morgan fingerprint density at radius 1 is 1.00 bits per heavy atom. The van der Waals surface area contributed by atoms with Gasteiger partial charge in [-0.2, -0.15) is 4.68 Å². The number of aromatic nitrogens is 5. The Kier molecular flexibility index (Phi) is 3.97. The van der Waals surface area contributed by atoms with Crippen molar-refractivity contribution in [1.82, 2.24) is 30.5 Å². The van der Waals surface area contributed by atoms with E-state index < -0.39 is 0 Å². The number of tetrazole rings is 1. The molecule has 0 aliphatic heterocycles. The van der Waals surface area contributed by atoms with Gasteiger partial charge < -0.3 is 5.32 Å². The molecule has 2 heterocycles. The van der Waals surface area contributed by atoms with Crippen LogP contribution in [-0.2, 0) is 13.1 Å². The number of aryl methyl sites for hydroxylation is 1. The molecular formula is C15H16N6. The van der Waals surface area contributed by atoms with Gasteiger partial charge in [-0.15, -0.1) is 5.10 Å². The van der Waals surface area contributed by atoms with E-state index in [0.29, 0.717) is 13.1 Å². The molecule has 3 aromatic rings. The van der Waals surface area contributed by atoms with Crippen LogP contribution in [0, 0.1) is 6.92 Å². The Bertz CT molecular complexity index is 707. The van der Waals surface area contributed by atoms with Crippen molar-refractivity contribution in [2.24, 2.45) is 0 Å². The lowest BCUT2D eigenvalue weighted by Gasteiger charge is -2.06. The first-order valence-corrected chi connectivity index (χ1v) is 6.79. The Labute approximate surface area is 122 Å². The fourth-order valence-electron chi connectivity index (χ4n) is 2.09. The van der Waals surface area contributed by atoms with Crippen molar-refractivity contribution in [3.8, 4) is 5.69 Å². The van der Waals surface area contributed by atoms with Gasteiger partial charge >= 0.3 is 0 Å². The van der Waals surface area contributed by atoms with Crippen LogP contribution < -0.4 is 5.32 Å². The Hall–Kier alpha value is -2.60. The van der Waals surface area contributed by atoms with Gasteiger partial charge in [0.25, 0.3) is 0 Å². The molecule has 0 atom stereocenters. The molecule has 0 spiro atoms. The summed E-state index contributed by atoms with van der Waals surface area (Å²) in [5, 5.41) is 15.1. The molecule has 0 fully saturated rings. The summed E-state index contributed by atoms with van der Waals surface area (Å²) >= 11 is 0. The van der Waals surface area contributed by atoms with Crippen molar-refractivity contribution in [1.29, 1.82) is 0 Å². The minimum Gasteiger partial charge on any atom is -0.304 e. The smallest absolute Gasteiger partial charge is 0.170 e. The highest BCUT2D eigenvalue weighted by molar-refractivity contribution is 5.30. The van der Waals surface area contributed by atoms with Gasteiger partial charge in [0.15, 0.2) is 5.82 Å². The molecule has 6 nitrogen and oxygen atoms in total. The minimum atomic E-state index is 0.581. The van der Waals surface area contributed by atoms with Crippen LogP contribution in [0.4, 0.5) is 0 Å². The molecule has 0 bridgehead atoms. The molecule has 6 heteroatoms. The predicted octanol–water partition coefficient (Wildman–Crippen LogP) is 1.66. The van der Waals surface area contributed by atoms with E-state index in [1.807, 2.05) is 55.5 Å². The third-order valence-electron chi connectivity index (χ3n) is 3.07. The first-order valence-electron chi connectivity index (χ1n) is 6.79. The van der Waals surface area contributed by atoms with Crippen molar-refractivity contribution in [2.45, 2.75) is 20.0 Å². The van der Waals surface area contributed by atoms with Crippen LogP contribution in [0.1, 0.15) is 17.2 Å². The average molecular weight is 280 g/mol. The van der Waals surface area contributed by atoms with Crippen LogP contribution >= 0.6 is 0 Å². The van der Waals surface area contributed by atoms with Crippen LogP contribution in [0.3, 0.4) is 0 Å². The molecule has 0 saturated carbocycles. The molecular weight excluding hydrogens is 264 g/mol. The normalized spacial score (nSPS) is 10.7. The van der Waals surface area contributed by atoms with Crippen LogP contribution in [-0.4, -0.2) is 25.2 Å². The summed E-state index contributed by atoms with van der Waals surface area (Å²) in [6.07, 6.45) is 0. The topological polar surface area (TPSA) is 68.5 Å². The summed E-state index contributed by atoms with van der Waals surface area (Å²) in [5.41, 5.74) is 2.98. The number of nitrogens with zero attached hydrogens (tertiary/aromatic N) is 5. The average Bonchev–Trinajstić information content (AvgIpc) is 2.97. The maximum Gasteiger partial charge on any atom is 0.170 e. The molecule has 0 radical (unpaired) electrons. The van der Waals surface area contributed by atoms with Crippen molar-refractivity contribution < 1.29 is 0 Å². The van der Waals surface area contributed by atoms with Crippen LogP contribution in [0.5, 0.6) is 0 Å². The third kappa shape index (κ3) is 3.29. The first-order chi connectivity index (χ1) is 10.3. The van der Waals surface area contributed by atoms with Crippen molar-refractivity contribution in [3.05, 3.63) is 65.7 Å². The minimum absolute atomic E-state index is 0.581. The zero-order valence-corrected chi connectivity index (χ0v) is 11.8. The molecule has 2 aromatic heterocycles. The molecule has 3 rings (SSSR count). The molecule has 0 amide bonds. The summed E-state index contributed by atoms with van der Waals surface area (Å²) < 4.78 is 1.73. The number of nitrogens with one attached hydrogen (secondary N) is 1. The number of rotatable bonds is 5. The zero-order chi connectivity index (χ0) is 14.5. The van der Waals surface area contributed by atoms with E-state index in [9.17, 15) is 0 Å². The van der Waals surface area contributed by atoms with Gasteiger partial charge in [-0.05, 0) is 41.6 Å². The van der Waals surface area contributed by atoms with Crippen LogP contribution in [0.15, 0.2) is 48.5 Å². The van der Waals surface area contributed by atoms with E-state index in [0.717, 1.165) is 22.9 Å². The second-order valence-electron chi connectivity index (χ2n) is 4.72. The van der Waals surface area contributed by atoms with E-state index in [-0.39, 0.29) is 0 Å². The maximum atomic E-state index is 4.45. The number of para-hydroxylation sites is 1. The summed E-state index contributed by atoms with van der Waals surface area (Å²) in [5.74, 6) is 0.772. The lowest BCUT2D eigenvalue weighted by atomic mass is 10.3. The summed E-state index contributed by atoms with van der Waals surface area (Å²) in [4.78, 5) is 4.45. The van der Waals surface area contributed by atoms with Gasteiger partial charge in [-0.1, -0.05) is 24.3 Å². The lowest BCUT2D eigenvalue weighted by Crippen LogP contribution is -2.17. The molecule has 106 valence electrons. The molecule has 0 unspecified atom stereocenters. The Morgan fingerprint density at radius 3 is 2.67 bits per heavy atom. The number of hydrogen-bond donors (Lipinski definition) is 1. The van der Waals surface area contributed by atoms with E-state index in [1.54, 1.807) is 4.68 Å². The number of hydrogen-bond acceptors (Lipinski definition) is 5. The largest absolute Gasteiger partial charge is 0.304 e.